The second-order valence-electron chi connectivity index (χ2n) is 10.9. The lowest BCUT2D eigenvalue weighted by molar-refractivity contribution is 0.387. The Morgan fingerprint density at radius 2 is 1.21 bits per heavy atom. The minimum atomic E-state index is -2.18. The zero-order valence-electron chi connectivity index (χ0n) is 21.8. The largest absolute Gasteiger partial charge is 0.437 e. The van der Waals surface area contributed by atoms with Gasteiger partial charge in [0.1, 0.15) is 0 Å². The van der Waals surface area contributed by atoms with Gasteiger partial charge in [0.15, 0.2) is 16.6 Å². The quantitative estimate of drug-likeness (QED) is 0.206. The summed E-state index contributed by atoms with van der Waals surface area (Å²) in [6.07, 6.45) is 6.61. The summed E-state index contributed by atoms with van der Waals surface area (Å²) in [5.41, 5.74) is 4.32. The molecule has 0 spiro atoms. The van der Waals surface area contributed by atoms with Gasteiger partial charge in [-0.2, -0.15) is 5.26 Å². The van der Waals surface area contributed by atoms with Crippen molar-refractivity contribution in [2.24, 2.45) is 0 Å². The summed E-state index contributed by atoms with van der Waals surface area (Å²) in [6, 6.07) is 20.9. The van der Waals surface area contributed by atoms with E-state index < -0.39 is 25.2 Å². The second-order valence-corrected chi connectivity index (χ2v) is 23.2. The average Bonchev–Trinajstić information content (AvgIpc) is 2.72. The molecule has 0 aliphatic heterocycles. The van der Waals surface area contributed by atoms with Crippen molar-refractivity contribution in [3.05, 3.63) is 59.7 Å². The molecule has 0 aromatic heterocycles. The molecule has 0 bridgehead atoms. The van der Waals surface area contributed by atoms with Crippen molar-refractivity contribution in [1.29, 1.82) is 5.26 Å². The Morgan fingerprint density at radius 3 is 1.76 bits per heavy atom. The van der Waals surface area contributed by atoms with Crippen LogP contribution in [0.25, 0.3) is 11.1 Å². The Morgan fingerprint density at radius 1 is 0.697 bits per heavy atom. The van der Waals surface area contributed by atoms with Gasteiger partial charge in [0, 0.05) is 0 Å². The highest BCUT2D eigenvalue weighted by atomic mass is 28.5. The molecule has 0 fully saturated rings. The van der Waals surface area contributed by atoms with E-state index in [-0.39, 0.29) is 0 Å². The molecule has 0 unspecified atom stereocenters. The predicted octanol–water partition coefficient (Wildman–Crippen LogP) is 8.42. The molecule has 180 valence electrons. The number of unbranched alkanes of at least 4 members (excludes halogenated alkanes) is 4. The van der Waals surface area contributed by atoms with E-state index in [0.29, 0.717) is 5.56 Å². The fourth-order valence-corrected chi connectivity index (χ4v) is 18.8. The van der Waals surface area contributed by atoms with E-state index in [1.807, 2.05) is 24.3 Å². The first-order chi connectivity index (χ1) is 15.5. The van der Waals surface area contributed by atoms with Gasteiger partial charge in [-0.25, -0.2) is 0 Å². The van der Waals surface area contributed by atoms with Crippen molar-refractivity contribution in [3.63, 3.8) is 0 Å². The van der Waals surface area contributed by atoms with Gasteiger partial charge in [-0.05, 0) is 80.2 Å². The van der Waals surface area contributed by atoms with E-state index in [1.165, 1.54) is 49.3 Å². The van der Waals surface area contributed by atoms with Crippen LogP contribution in [-0.4, -0.2) is 25.2 Å². The SMILES string of the molecule is CCCCCCC[Si](C)(C)O[Si](C)(C)O[Si](C)(C)Cc1ccc(-c2ccc(C#N)cc2)cc1. The summed E-state index contributed by atoms with van der Waals surface area (Å²) < 4.78 is 13.6. The van der Waals surface area contributed by atoms with Gasteiger partial charge in [0.05, 0.1) is 11.6 Å². The molecule has 0 N–H and O–H groups in total. The van der Waals surface area contributed by atoms with Crippen LogP contribution in [0.2, 0.25) is 45.3 Å². The predicted molar refractivity (Wildman–Crippen MR) is 148 cm³/mol. The molecule has 0 aliphatic carbocycles. The lowest BCUT2D eigenvalue weighted by atomic mass is 10.0. The van der Waals surface area contributed by atoms with Gasteiger partial charge in [0.2, 0.25) is 0 Å². The third kappa shape index (κ3) is 10.1. The smallest absolute Gasteiger partial charge is 0.311 e. The van der Waals surface area contributed by atoms with Crippen LogP contribution >= 0.6 is 0 Å². The van der Waals surface area contributed by atoms with Crippen molar-refractivity contribution in [2.45, 2.75) is 90.4 Å². The zero-order chi connectivity index (χ0) is 24.5. The van der Waals surface area contributed by atoms with Crippen molar-refractivity contribution in [3.8, 4) is 17.2 Å². The molecular weight excluding hydrogens is 455 g/mol. The van der Waals surface area contributed by atoms with Crippen LogP contribution in [0.1, 0.15) is 50.2 Å². The standard InChI is InChI=1S/C27H43NO2Si3/c1-8-9-10-11-12-21-31(2,3)29-33(6,7)30-32(4,5)23-25-15-19-27(20-16-25)26-17-13-24(22-28)14-18-26/h13-20H,8-12,21,23H2,1-7H3. The second kappa shape index (κ2) is 12.3. The van der Waals surface area contributed by atoms with Crippen molar-refractivity contribution >= 4 is 25.2 Å². The summed E-state index contributed by atoms with van der Waals surface area (Å²) in [5, 5.41) is 8.99. The first kappa shape index (κ1) is 27.7. The van der Waals surface area contributed by atoms with Crippen LogP contribution in [0.3, 0.4) is 0 Å². The molecular formula is C27H43NO2Si3. The van der Waals surface area contributed by atoms with E-state index in [4.69, 9.17) is 13.5 Å². The molecule has 0 saturated heterocycles. The highest BCUT2D eigenvalue weighted by molar-refractivity contribution is 6.87. The van der Waals surface area contributed by atoms with E-state index in [0.717, 1.165) is 11.6 Å². The van der Waals surface area contributed by atoms with E-state index in [2.05, 4.69) is 76.5 Å². The summed E-state index contributed by atoms with van der Waals surface area (Å²) in [6.45, 7) is 16.1. The van der Waals surface area contributed by atoms with Gasteiger partial charge in [-0.1, -0.05) is 75.4 Å². The molecule has 0 amide bonds. The third-order valence-corrected chi connectivity index (χ3v) is 17.0. The lowest BCUT2D eigenvalue weighted by Crippen LogP contribution is -2.53. The maximum Gasteiger partial charge on any atom is 0.311 e. The Hall–Kier alpha value is -1.50. The summed E-state index contributed by atoms with van der Waals surface area (Å²) in [5.74, 6) is 0. The topological polar surface area (TPSA) is 42.2 Å². The van der Waals surface area contributed by atoms with Crippen LogP contribution in [0.5, 0.6) is 0 Å². The number of hydrogen-bond acceptors (Lipinski definition) is 3. The summed E-state index contributed by atoms with van der Waals surface area (Å²) in [7, 11) is -5.80. The molecule has 33 heavy (non-hydrogen) atoms. The monoisotopic (exact) mass is 497 g/mol. The lowest BCUT2D eigenvalue weighted by Gasteiger charge is -2.39. The van der Waals surface area contributed by atoms with E-state index in [1.54, 1.807) is 0 Å². The Kier molecular flexibility index (Phi) is 10.3. The molecule has 2 aromatic rings. The van der Waals surface area contributed by atoms with Crippen LogP contribution < -0.4 is 0 Å². The summed E-state index contributed by atoms with van der Waals surface area (Å²) in [4.78, 5) is 0. The number of benzene rings is 2. The first-order valence-corrected chi connectivity index (χ1v) is 21.5. The molecule has 6 heteroatoms. The van der Waals surface area contributed by atoms with Gasteiger partial charge >= 0.3 is 8.56 Å². The molecule has 0 saturated carbocycles. The Bertz CT molecular complexity index is 900. The normalized spacial score (nSPS) is 12.5. The fourth-order valence-electron chi connectivity index (χ4n) is 4.64. The van der Waals surface area contributed by atoms with Gasteiger partial charge in [-0.15, -0.1) is 0 Å². The van der Waals surface area contributed by atoms with Gasteiger partial charge in [-0.3, -0.25) is 0 Å². The minimum absolute atomic E-state index is 0.692. The number of nitriles is 1. The maximum absolute atomic E-state index is 8.99. The molecule has 0 aliphatic rings. The fraction of sp³-hybridized carbons (Fsp3) is 0.519. The molecule has 0 radical (unpaired) electrons. The van der Waals surface area contributed by atoms with Crippen LogP contribution in [-0.2, 0) is 14.3 Å². The number of rotatable bonds is 13. The molecule has 2 aromatic carbocycles. The van der Waals surface area contributed by atoms with E-state index >= 15 is 0 Å². The van der Waals surface area contributed by atoms with Gasteiger partial charge in [0.25, 0.3) is 0 Å². The van der Waals surface area contributed by atoms with Crippen molar-refractivity contribution in [1.82, 2.24) is 0 Å². The first-order valence-electron chi connectivity index (χ1n) is 12.5. The highest BCUT2D eigenvalue weighted by Gasteiger charge is 2.39. The molecule has 0 heterocycles. The van der Waals surface area contributed by atoms with Crippen molar-refractivity contribution in [2.75, 3.05) is 0 Å². The molecule has 2 rings (SSSR count). The minimum Gasteiger partial charge on any atom is -0.437 e. The van der Waals surface area contributed by atoms with Crippen molar-refractivity contribution < 1.29 is 8.23 Å². The highest BCUT2D eigenvalue weighted by Crippen LogP contribution is 2.27. The number of nitrogens with zero attached hydrogens (tertiary/aromatic N) is 1. The Labute approximate surface area is 205 Å². The van der Waals surface area contributed by atoms with Crippen LogP contribution in [0, 0.1) is 11.3 Å². The van der Waals surface area contributed by atoms with E-state index in [9.17, 15) is 0 Å². The molecule has 3 nitrogen and oxygen atoms in total. The van der Waals surface area contributed by atoms with Gasteiger partial charge < -0.3 is 8.23 Å². The molecule has 0 atom stereocenters. The summed E-state index contributed by atoms with van der Waals surface area (Å²) >= 11 is 0. The van der Waals surface area contributed by atoms with Crippen LogP contribution in [0.15, 0.2) is 48.5 Å². The Balaban J connectivity index is 1.93. The maximum atomic E-state index is 8.99. The average molecular weight is 498 g/mol. The third-order valence-electron chi connectivity index (χ3n) is 5.86. The zero-order valence-corrected chi connectivity index (χ0v) is 24.8. The van der Waals surface area contributed by atoms with Crippen LogP contribution in [0.4, 0.5) is 0 Å². The number of hydrogen-bond donors (Lipinski definition) is 0.